The van der Waals surface area contributed by atoms with Crippen LogP contribution in [-0.4, -0.2) is 0 Å². The second kappa shape index (κ2) is 18.9. The van der Waals surface area contributed by atoms with E-state index in [-0.39, 0.29) is 0 Å². The highest BCUT2D eigenvalue weighted by Crippen LogP contribution is 2.40. The summed E-state index contributed by atoms with van der Waals surface area (Å²) < 4.78 is 0. The molecule has 0 heterocycles. The molecule has 0 atom stereocenters. The highest BCUT2D eigenvalue weighted by Gasteiger charge is 2.16. The summed E-state index contributed by atoms with van der Waals surface area (Å²) in [6.07, 6.45) is 0. The van der Waals surface area contributed by atoms with E-state index in [1.54, 1.807) is 0 Å². The van der Waals surface area contributed by atoms with Crippen LogP contribution in [0.25, 0.3) is 54.9 Å². The average Bonchev–Trinajstić information content (AvgIpc) is 3.31. The SMILES string of the molecule is Cc1ccc(-c2ccc(N(c3ccc(-c4ccccc4)cc3)c3cccc4ccccc34)cc2)cc1.Cc1ccc(-c2ccccc2)cc1.Cc1cccc2ccccc12. The van der Waals surface area contributed by atoms with Crippen molar-refractivity contribution < 1.29 is 0 Å². The Kier molecular flexibility index (Phi) is 12.4. The monoisotopic (exact) mass is 771 g/mol. The second-order valence-electron chi connectivity index (χ2n) is 15.2. The third-order valence-corrected chi connectivity index (χ3v) is 10.9. The largest absolute Gasteiger partial charge is 0.310 e. The molecule has 290 valence electrons. The van der Waals surface area contributed by atoms with Crippen LogP contribution in [0.15, 0.2) is 243 Å². The van der Waals surface area contributed by atoms with E-state index in [0.717, 1.165) is 11.4 Å². The lowest BCUT2D eigenvalue weighted by atomic mass is 10.0. The molecule has 60 heavy (non-hydrogen) atoms. The van der Waals surface area contributed by atoms with Crippen LogP contribution in [0.1, 0.15) is 16.7 Å². The molecule has 1 nitrogen and oxygen atoms in total. The normalized spacial score (nSPS) is 10.6. The first-order valence-electron chi connectivity index (χ1n) is 20.7. The van der Waals surface area contributed by atoms with E-state index in [1.807, 2.05) is 6.07 Å². The van der Waals surface area contributed by atoms with Crippen LogP contribution in [0, 0.1) is 20.8 Å². The van der Waals surface area contributed by atoms with E-state index < -0.39 is 0 Å². The van der Waals surface area contributed by atoms with Crippen LogP contribution in [-0.2, 0) is 0 Å². The van der Waals surface area contributed by atoms with E-state index in [4.69, 9.17) is 0 Å². The first-order valence-corrected chi connectivity index (χ1v) is 20.7. The molecular formula is C59H49N. The number of hydrogen-bond acceptors (Lipinski definition) is 1. The molecule has 0 fully saturated rings. The van der Waals surface area contributed by atoms with Gasteiger partial charge in [-0.05, 0) is 106 Å². The van der Waals surface area contributed by atoms with Gasteiger partial charge in [0.2, 0.25) is 0 Å². The van der Waals surface area contributed by atoms with Gasteiger partial charge in [-0.15, -0.1) is 0 Å². The third kappa shape index (κ3) is 9.45. The van der Waals surface area contributed by atoms with Gasteiger partial charge in [-0.2, -0.15) is 0 Å². The van der Waals surface area contributed by atoms with E-state index in [1.165, 1.54) is 77.3 Å². The predicted octanol–water partition coefficient (Wildman–Crippen LogP) is 16.8. The smallest absolute Gasteiger partial charge is 0.0540 e. The van der Waals surface area contributed by atoms with Gasteiger partial charge in [0.1, 0.15) is 0 Å². The standard InChI is InChI=1S/C35H27N.C13H12.C11H10/c1-26-14-16-28(17-15-26)30-20-24-33(25-21-30)36(35-13-7-11-31-10-5-6-12-34(31)35)32-22-18-29(19-23-32)27-8-3-2-4-9-27;1-11-7-9-13(10-8-11)12-5-3-2-4-6-12;1-9-5-4-7-10-6-2-3-8-11(9)10/h2-25H,1H3;2-10H,1H3;2-8H,1H3. The fraction of sp³-hybridized carbons (Fsp3) is 0.0508. The molecule has 0 amide bonds. The molecule has 0 spiro atoms. The lowest BCUT2D eigenvalue weighted by Crippen LogP contribution is -2.10. The summed E-state index contributed by atoms with van der Waals surface area (Å²) in [5.41, 5.74) is 14.8. The highest BCUT2D eigenvalue weighted by atomic mass is 15.1. The number of benzene rings is 10. The van der Waals surface area contributed by atoms with Crippen molar-refractivity contribution in [1.29, 1.82) is 0 Å². The molecule has 0 unspecified atom stereocenters. The number of anilines is 3. The Morgan fingerprint density at radius 3 is 1.03 bits per heavy atom. The quantitative estimate of drug-likeness (QED) is 0.163. The van der Waals surface area contributed by atoms with Crippen molar-refractivity contribution in [1.82, 2.24) is 0 Å². The molecule has 0 saturated carbocycles. The molecule has 0 saturated heterocycles. The summed E-state index contributed by atoms with van der Waals surface area (Å²) in [4.78, 5) is 2.36. The van der Waals surface area contributed by atoms with E-state index in [2.05, 4.69) is 262 Å². The summed E-state index contributed by atoms with van der Waals surface area (Å²) in [5.74, 6) is 0. The van der Waals surface area contributed by atoms with Crippen LogP contribution in [0.2, 0.25) is 0 Å². The van der Waals surface area contributed by atoms with E-state index in [9.17, 15) is 0 Å². The molecule has 0 aromatic heterocycles. The summed E-state index contributed by atoms with van der Waals surface area (Å²) in [7, 11) is 0. The van der Waals surface area contributed by atoms with Crippen molar-refractivity contribution in [3.8, 4) is 33.4 Å². The number of aryl methyl sites for hydroxylation is 3. The molecule has 0 aliphatic rings. The molecule has 0 N–H and O–H groups in total. The Hall–Kier alpha value is -7.48. The van der Waals surface area contributed by atoms with Crippen LogP contribution in [0.3, 0.4) is 0 Å². The van der Waals surface area contributed by atoms with Gasteiger partial charge in [-0.25, -0.2) is 0 Å². The zero-order chi connectivity index (χ0) is 41.1. The fourth-order valence-electron chi connectivity index (χ4n) is 7.58. The number of fused-ring (bicyclic) bond motifs is 2. The summed E-state index contributed by atoms with van der Waals surface area (Å²) in [6.45, 7) is 6.37. The average molecular weight is 772 g/mol. The van der Waals surface area contributed by atoms with Crippen LogP contribution in [0.4, 0.5) is 17.1 Å². The van der Waals surface area contributed by atoms with Gasteiger partial charge in [0.05, 0.1) is 5.69 Å². The molecule has 10 rings (SSSR count). The van der Waals surface area contributed by atoms with Gasteiger partial charge in [0, 0.05) is 16.8 Å². The van der Waals surface area contributed by atoms with Crippen LogP contribution in [0.5, 0.6) is 0 Å². The molecule has 0 radical (unpaired) electrons. The first-order chi connectivity index (χ1) is 29.5. The van der Waals surface area contributed by atoms with Gasteiger partial charge in [0.15, 0.2) is 0 Å². The topological polar surface area (TPSA) is 3.24 Å². The summed E-state index contributed by atoms with van der Waals surface area (Å²) >= 11 is 0. The van der Waals surface area contributed by atoms with E-state index in [0.29, 0.717) is 0 Å². The maximum atomic E-state index is 2.36. The van der Waals surface area contributed by atoms with Crippen LogP contribution < -0.4 is 4.90 Å². The number of nitrogens with zero attached hydrogens (tertiary/aromatic N) is 1. The molecule has 1 heteroatoms. The fourth-order valence-corrected chi connectivity index (χ4v) is 7.58. The first kappa shape index (κ1) is 39.4. The Morgan fingerprint density at radius 2 is 0.583 bits per heavy atom. The Bertz CT molecular complexity index is 2880. The van der Waals surface area contributed by atoms with Crippen molar-refractivity contribution in [3.63, 3.8) is 0 Å². The van der Waals surface area contributed by atoms with Gasteiger partial charge >= 0.3 is 0 Å². The van der Waals surface area contributed by atoms with Crippen molar-refractivity contribution >= 4 is 38.6 Å². The minimum Gasteiger partial charge on any atom is -0.310 e. The minimum absolute atomic E-state index is 1.13. The molecule has 0 aliphatic heterocycles. The maximum absolute atomic E-state index is 2.36. The summed E-state index contributed by atoms with van der Waals surface area (Å²) in [6, 6.07) is 86.0. The second-order valence-corrected chi connectivity index (χ2v) is 15.2. The maximum Gasteiger partial charge on any atom is 0.0540 e. The molecule has 0 aliphatic carbocycles. The van der Waals surface area contributed by atoms with Crippen LogP contribution >= 0.6 is 0 Å². The van der Waals surface area contributed by atoms with Crippen molar-refractivity contribution in [3.05, 3.63) is 259 Å². The zero-order valence-electron chi connectivity index (χ0n) is 34.5. The van der Waals surface area contributed by atoms with E-state index >= 15 is 0 Å². The lowest BCUT2D eigenvalue weighted by Gasteiger charge is -2.27. The molecule has 10 aromatic rings. The van der Waals surface area contributed by atoms with Gasteiger partial charge in [-0.3, -0.25) is 0 Å². The Labute approximate surface area is 355 Å². The van der Waals surface area contributed by atoms with Crippen molar-refractivity contribution in [2.24, 2.45) is 0 Å². The third-order valence-electron chi connectivity index (χ3n) is 10.9. The molecule has 10 aromatic carbocycles. The van der Waals surface area contributed by atoms with Crippen molar-refractivity contribution in [2.75, 3.05) is 4.90 Å². The number of rotatable bonds is 6. The van der Waals surface area contributed by atoms with Gasteiger partial charge in [0.25, 0.3) is 0 Å². The minimum atomic E-state index is 1.13. The predicted molar refractivity (Wildman–Crippen MR) is 260 cm³/mol. The molecular weight excluding hydrogens is 723 g/mol. The lowest BCUT2D eigenvalue weighted by molar-refractivity contribution is 1.30. The molecule has 0 bridgehead atoms. The Morgan fingerprint density at radius 1 is 0.250 bits per heavy atom. The Balaban J connectivity index is 0.000000168. The highest BCUT2D eigenvalue weighted by molar-refractivity contribution is 5.99. The summed E-state index contributed by atoms with van der Waals surface area (Å²) in [5, 5.41) is 5.15. The van der Waals surface area contributed by atoms with Gasteiger partial charge < -0.3 is 4.90 Å². The zero-order valence-corrected chi connectivity index (χ0v) is 34.5. The van der Waals surface area contributed by atoms with Gasteiger partial charge in [-0.1, -0.05) is 223 Å². The number of hydrogen-bond donors (Lipinski definition) is 0. The van der Waals surface area contributed by atoms with Crippen molar-refractivity contribution in [2.45, 2.75) is 20.8 Å².